The third-order valence-corrected chi connectivity index (χ3v) is 6.58. The quantitative estimate of drug-likeness (QED) is 0.195. The number of hydrogen-bond donors (Lipinski definition) is 2. The van der Waals surface area contributed by atoms with Crippen LogP contribution in [0.2, 0.25) is 10.0 Å². The number of pyridine rings is 1. The Labute approximate surface area is 226 Å². The monoisotopic (exact) mass is 554 g/mol. The van der Waals surface area contributed by atoms with Crippen LogP contribution in [0, 0.1) is 0 Å². The van der Waals surface area contributed by atoms with Gasteiger partial charge in [0.2, 0.25) is 5.95 Å². The Kier molecular flexibility index (Phi) is 6.60. The lowest BCUT2D eigenvalue weighted by Crippen LogP contribution is -2.30. The van der Waals surface area contributed by atoms with Gasteiger partial charge in [-0.2, -0.15) is 0 Å². The summed E-state index contributed by atoms with van der Waals surface area (Å²) >= 11 is 12.5. The number of benzene rings is 2. The highest BCUT2D eigenvalue weighted by atomic mass is 35.5. The minimum Gasteiger partial charge on any atom is -0.507 e. The number of imidazole rings is 1. The minimum absolute atomic E-state index is 0.0445. The summed E-state index contributed by atoms with van der Waals surface area (Å²) in [5, 5.41) is 11.7. The van der Waals surface area contributed by atoms with E-state index < -0.39 is 23.5 Å². The molecule has 1 unspecified atom stereocenters. The molecular weight excluding hydrogens is 535 g/mol. The molecule has 1 saturated heterocycles. The number of aliphatic hydroxyl groups is 1. The van der Waals surface area contributed by atoms with E-state index in [1.54, 1.807) is 30.3 Å². The number of rotatable bonds is 6. The summed E-state index contributed by atoms with van der Waals surface area (Å²) in [5.41, 5.74) is 1.12. The second kappa shape index (κ2) is 9.88. The average Bonchev–Trinajstić information content (AvgIpc) is 3.44. The topological polar surface area (TPSA) is 127 Å². The van der Waals surface area contributed by atoms with Crippen LogP contribution in [0.3, 0.4) is 0 Å². The number of ketones is 1. The number of methoxy groups -OCH3 is 3. The number of aliphatic hydroxyl groups excluding tert-OH is 1. The summed E-state index contributed by atoms with van der Waals surface area (Å²) in [6.07, 6.45) is 1.51. The van der Waals surface area contributed by atoms with Crippen LogP contribution in [0.25, 0.3) is 16.8 Å². The molecule has 0 aliphatic carbocycles. The van der Waals surface area contributed by atoms with Crippen LogP contribution in [-0.4, -0.2) is 53.1 Å². The zero-order valence-corrected chi connectivity index (χ0v) is 21.8. The molecule has 10 nitrogen and oxygen atoms in total. The number of carbonyl (C=O) groups excluding carboxylic acids is 2. The number of Topliss-reactive ketones (excluding diaryl/α,β-unsaturated/α-hetero) is 1. The summed E-state index contributed by atoms with van der Waals surface area (Å²) in [7, 11) is 4.35. The van der Waals surface area contributed by atoms with Crippen molar-refractivity contribution in [3.63, 3.8) is 0 Å². The Morgan fingerprint density at radius 2 is 1.76 bits per heavy atom. The molecule has 5 rings (SSSR count). The Morgan fingerprint density at radius 1 is 1.03 bits per heavy atom. The Balaban J connectivity index is 1.75. The van der Waals surface area contributed by atoms with Crippen LogP contribution >= 0.6 is 23.2 Å². The van der Waals surface area contributed by atoms with Gasteiger partial charge in [-0.1, -0.05) is 29.3 Å². The molecule has 0 saturated carbocycles. The van der Waals surface area contributed by atoms with Crippen molar-refractivity contribution >= 4 is 57.6 Å². The lowest BCUT2D eigenvalue weighted by Gasteiger charge is -2.22. The highest BCUT2D eigenvalue weighted by molar-refractivity contribution is 6.51. The number of amides is 1. The number of nitrogens with zero attached hydrogens (tertiary/aromatic N) is 3. The molecule has 0 bridgehead atoms. The van der Waals surface area contributed by atoms with Crippen molar-refractivity contribution in [3.8, 4) is 17.2 Å². The standard InChI is InChI=1S/C26H20Cl2N4O6/c1-36-18-10-16-17(11-19(18)37-2)31-26(30-16)32-21(15-6-4-5-7-29-15)20(23(34)25(32)35)22(33)13-8-12(27)9-14(28)24(13)38-3/h4-11,21,33H,1-3H3,(H,30,31)/b22-20+. The van der Waals surface area contributed by atoms with Gasteiger partial charge in [0.25, 0.3) is 5.78 Å². The molecule has 2 N–H and O–H groups in total. The first-order valence-corrected chi connectivity index (χ1v) is 11.9. The lowest BCUT2D eigenvalue weighted by atomic mass is 9.98. The Hall–Kier alpha value is -4.28. The van der Waals surface area contributed by atoms with Gasteiger partial charge < -0.3 is 24.3 Å². The molecule has 0 spiro atoms. The van der Waals surface area contributed by atoms with E-state index in [1.165, 1.54) is 39.7 Å². The first-order valence-electron chi connectivity index (χ1n) is 11.2. The molecule has 194 valence electrons. The van der Waals surface area contributed by atoms with E-state index in [9.17, 15) is 14.7 Å². The number of fused-ring (bicyclic) bond motifs is 1. The van der Waals surface area contributed by atoms with Gasteiger partial charge in [-0.25, -0.2) is 4.98 Å². The largest absolute Gasteiger partial charge is 0.507 e. The van der Waals surface area contributed by atoms with Crippen LogP contribution in [0.15, 0.2) is 54.2 Å². The molecule has 1 amide bonds. The number of halogens is 2. The lowest BCUT2D eigenvalue weighted by molar-refractivity contribution is -0.132. The average molecular weight is 555 g/mol. The third-order valence-electron chi connectivity index (χ3n) is 6.08. The van der Waals surface area contributed by atoms with E-state index >= 15 is 0 Å². The Bertz CT molecular complexity index is 1580. The van der Waals surface area contributed by atoms with Gasteiger partial charge in [0.05, 0.1) is 54.2 Å². The number of H-pyrrole nitrogens is 1. The number of anilines is 1. The van der Waals surface area contributed by atoms with Gasteiger partial charge in [0, 0.05) is 23.4 Å². The van der Waals surface area contributed by atoms with Gasteiger partial charge in [-0.15, -0.1) is 0 Å². The van der Waals surface area contributed by atoms with E-state index in [-0.39, 0.29) is 32.9 Å². The summed E-state index contributed by atoms with van der Waals surface area (Å²) in [4.78, 5) is 40.0. The molecule has 12 heteroatoms. The highest BCUT2D eigenvalue weighted by Gasteiger charge is 2.49. The molecule has 1 atom stereocenters. The van der Waals surface area contributed by atoms with Crippen molar-refractivity contribution in [3.05, 3.63) is 75.5 Å². The first-order chi connectivity index (χ1) is 18.3. The normalized spacial score (nSPS) is 16.8. The van der Waals surface area contributed by atoms with Crippen molar-refractivity contribution in [1.29, 1.82) is 0 Å². The maximum atomic E-state index is 13.5. The number of nitrogens with one attached hydrogen (secondary N) is 1. The molecule has 1 fully saturated rings. The van der Waals surface area contributed by atoms with E-state index in [0.717, 1.165) is 4.90 Å². The van der Waals surface area contributed by atoms with Crippen molar-refractivity contribution in [2.45, 2.75) is 6.04 Å². The summed E-state index contributed by atoms with van der Waals surface area (Å²) in [6.45, 7) is 0. The number of ether oxygens (including phenoxy) is 3. The minimum atomic E-state index is -1.14. The van der Waals surface area contributed by atoms with Crippen LogP contribution < -0.4 is 19.1 Å². The van der Waals surface area contributed by atoms with Crippen molar-refractivity contribution in [2.24, 2.45) is 0 Å². The molecule has 38 heavy (non-hydrogen) atoms. The SMILES string of the molecule is COc1cc2nc(N3C(=O)C(=O)/C(=C(/O)c4cc(Cl)cc(Cl)c4OC)C3c3ccccn3)[nH]c2cc1OC. The van der Waals surface area contributed by atoms with E-state index in [0.29, 0.717) is 28.2 Å². The molecule has 2 aromatic heterocycles. The highest BCUT2D eigenvalue weighted by Crippen LogP contribution is 2.44. The van der Waals surface area contributed by atoms with Crippen molar-refractivity contribution in [2.75, 3.05) is 26.2 Å². The zero-order valence-electron chi connectivity index (χ0n) is 20.3. The summed E-state index contributed by atoms with van der Waals surface area (Å²) < 4.78 is 16.1. The molecule has 3 heterocycles. The summed E-state index contributed by atoms with van der Waals surface area (Å²) in [6, 6.07) is 10.0. The van der Waals surface area contributed by atoms with Gasteiger partial charge in [-0.3, -0.25) is 19.5 Å². The van der Waals surface area contributed by atoms with Gasteiger partial charge in [0.1, 0.15) is 17.6 Å². The van der Waals surface area contributed by atoms with E-state index in [1.807, 2.05) is 0 Å². The fourth-order valence-corrected chi connectivity index (χ4v) is 4.97. The van der Waals surface area contributed by atoms with Gasteiger partial charge in [-0.05, 0) is 24.3 Å². The molecule has 1 aliphatic heterocycles. The fourth-order valence-electron chi connectivity index (χ4n) is 4.39. The fraction of sp³-hybridized carbons (Fsp3) is 0.154. The predicted molar refractivity (Wildman–Crippen MR) is 141 cm³/mol. The molecule has 4 aromatic rings. The maximum absolute atomic E-state index is 13.5. The zero-order chi connectivity index (χ0) is 27.1. The predicted octanol–water partition coefficient (Wildman–Crippen LogP) is 4.92. The van der Waals surface area contributed by atoms with E-state index in [2.05, 4.69) is 15.0 Å². The Morgan fingerprint density at radius 3 is 2.42 bits per heavy atom. The molecule has 2 aromatic carbocycles. The summed E-state index contributed by atoms with van der Waals surface area (Å²) in [5.74, 6) is -1.37. The van der Waals surface area contributed by atoms with Crippen LogP contribution in [0.4, 0.5) is 5.95 Å². The number of aromatic amines is 1. The van der Waals surface area contributed by atoms with Crippen molar-refractivity contribution in [1.82, 2.24) is 15.0 Å². The first kappa shape index (κ1) is 25.4. The molecule has 1 aliphatic rings. The second-order valence-electron chi connectivity index (χ2n) is 8.18. The van der Waals surface area contributed by atoms with Crippen LogP contribution in [0.5, 0.6) is 17.2 Å². The van der Waals surface area contributed by atoms with Gasteiger partial charge >= 0.3 is 5.91 Å². The molecular formula is C26H20Cl2N4O6. The second-order valence-corrected chi connectivity index (χ2v) is 9.02. The molecule has 0 radical (unpaired) electrons. The smallest absolute Gasteiger partial charge is 0.302 e. The van der Waals surface area contributed by atoms with Crippen LogP contribution in [0.1, 0.15) is 17.3 Å². The number of carbonyl (C=O) groups is 2. The van der Waals surface area contributed by atoms with Gasteiger partial charge in [0.15, 0.2) is 11.5 Å². The van der Waals surface area contributed by atoms with E-state index in [4.69, 9.17) is 37.4 Å². The van der Waals surface area contributed by atoms with Crippen molar-refractivity contribution < 1.29 is 28.9 Å². The third kappa shape index (κ3) is 4.07. The van der Waals surface area contributed by atoms with Crippen LogP contribution in [-0.2, 0) is 9.59 Å². The number of hydrogen-bond acceptors (Lipinski definition) is 8. The maximum Gasteiger partial charge on any atom is 0.302 e. The number of aromatic nitrogens is 3.